The van der Waals surface area contributed by atoms with Crippen molar-refractivity contribution in [2.75, 3.05) is 4.72 Å². The highest BCUT2D eigenvalue weighted by Gasteiger charge is 2.14. The molecule has 0 heterocycles. The molecule has 0 saturated heterocycles. The number of carbonyl (C=O) groups excluding carboxylic acids is 1. The maximum atomic E-state index is 11.1. The maximum Gasteiger partial charge on any atom is 0.249 e. The van der Waals surface area contributed by atoms with E-state index in [0.717, 1.165) is 0 Å². The monoisotopic (exact) mass is 275 g/mol. The normalized spacial score (nSPS) is 14.9. The number of azo groups is 1. The van der Waals surface area contributed by atoms with Crippen LogP contribution in [0.4, 0.5) is 11.4 Å². The summed E-state index contributed by atoms with van der Waals surface area (Å²) in [5.41, 5.74) is 1.97. The summed E-state index contributed by atoms with van der Waals surface area (Å²) in [6, 6.07) is 7.05. The third kappa shape index (κ3) is 3.60. The molecule has 0 bridgehead atoms. The molecule has 0 saturated carbocycles. The Balaban J connectivity index is 2.13. The molecule has 96 valence electrons. The first kappa shape index (κ1) is 13.2. The van der Waals surface area contributed by atoms with Crippen molar-refractivity contribution >= 4 is 35.1 Å². The van der Waals surface area contributed by atoms with Gasteiger partial charge in [0.15, 0.2) is 0 Å². The van der Waals surface area contributed by atoms with Crippen molar-refractivity contribution in [3.05, 3.63) is 48.2 Å². The van der Waals surface area contributed by atoms with Crippen LogP contribution in [0.1, 0.15) is 0 Å². The van der Waals surface area contributed by atoms with Crippen molar-refractivity contribution in [3.63, 3.8) is 0 Å². The van der Waals surface area contributed by atoms with Crippen LogP contribution < -0.4 is 10.1 Å². The number of rotatable bonds is 4. The van der Waals surface area contributed by atoms with Gasteiger partial charge in [-0.05, 0) is 30.4 Å². The summed E-state index contributed by atoms with van der Waals surface area (Å²) in [6.07, 6.45) is 4.37. The third-order valence-corrected chi connectivity index (χ3v) is 2.61. The molecule has 7 heteroatoms. The number of carbonyl (C=O) groups is 1. The average molecular weight is 275 g/mol. The molecule has 0 radical (unpaired) electrons. The molecule has 0 unspecified atom stereocenters. The van der Waals surface area contributed by atoms with Crippen LogP contribution in [-0.4, -0.2) is 16.0 Å². The van der Waals surface area contributed by atoms with E-state index in [1.54, 1.807) is 30.3 Å². The number of allylic oxidation sites excluding steroid dienone is 3. The number of nitrogens with two attached hydrogens (primary N) is 1. The molecule has 1 aromatic rings. The van der Waals surface area contributed by atoms with Crippen LogP contribution in [0.25, 0.3) is 0 Å². The lowest BCUT2D eigenvalue weighted by atomic mass is 10.1. The summed E-state index contributed by atoms with van der Waals surface area (Å²) in [7, 11) is 0. The smallest absolute Gasteiger partial charge is 0.249 e. The number of benzene rings is 1. The molecule has 2 rings (SSSR count). The number of ketones is 1. The van der Waals surface area contributed by atoms with Gasteiger partial charge in [-0.15, -0.1) is 0 Å². The lowest BCUT2D eigenvalue weighted by Gasteiger charge is -2.01. The van der Waals surface area contributed by atoms with Gasteiger partial charge in [-0.2, -0.15) is 10.2 Å². The predicted octanol–water partition coefficient (Wildman–Crippen LogP) is 1.53. The van der Waals surface area contributed by atoms with Gasteiger partial charge in [-0.3, -0.25) is 10.2 Å². The second kappa shape index (κ2) is 6.07. The van der Waals surface area contributed by atoms with E-state index in [9.17, 15) is 4.79 Å². The van der Waals surface area contributed by atoms with Crippen LogP contribution in [0.3, 0.4) is 0 Å². The Bertz CT molecular complexity index is 608. The molecular weight excluding hydrogens is 264 g/mol. The van der Waals surface area contributed by atoms with Gasteiger partial charge in [0.2, 0.25) is 11.5 Å². The van der Waals surface area contributed by atoms with E-state index in [0.29, 0.717) is 29.3 Å². The zero-order valence-corrected chi connectivity index (χ0v) is 10.6. The Morgan fingerprint density at radius 1 is 1.26 bits per heavy atom. The van der Waals surface area contributed by atoms with Crippen molar-refractivity contribution in [1.29, 1.82) is 0 Å². The second-order valence-corrected chi connectivity index (χ2v) is 4.05. The summed E-state index contributed by atoms with van der Waals surface area (Å²) in [4.78, 5) is 11.1. The number of nitrogens with one attached hydrogen (secondary N) is 1. The number of anilines is 1. The molecule has 1 aromatic carbocycles. The quantitative estimate of drug-likeness (QED) is 0.336. The molecule has 19 heavy (non-hydrogen) atoms. The first-order valence-corrected chi connectivity index (χ1v) is 6.11. The van der Waals surface area contributed by atoms with E-state index < -0.39 is 0 Å². The van der Waals surface area contributed by atoms with Gasteiger partial charge in [-0.1, -0.05) is 6.07 Å². The minimum atomic E-state index is -0.231. The average Bonchev–Trinajstić information content (AvgIpc) is 2.41. The fourth-order valence-corrected chi connectivity index (χ4v) is 1.63. The first-order chi connectivity index (χ1) is 9.19. The van der Waals surface area contributed by atoms with Gasteiger partial charge in [0.05, 0.1) is 11.4 Å². The van der Waals surface area contributed by atoms with E-state index in [4.69, 9.17) is 9.96 Å². The van der Waals surface area contributed by atoms with E-state index in [1.165, 1.54) is 12.2 Å². The van der Waals surface area contributed by atoms with Crippen LogP contribution in [0, 0.1) is 0 Å². The van der Waals surface area contributed by atoms with E-state index in [1.807, 2.05) is 0 Å². The molecule has 0 aliphatic heterocycles. The van der Waals surface area contributed by atoms with E-state index in [-0.39, 0.29) is 11.5 Å². The summed E-state index contributed by atoms with van der Waals surface area (Å²) in [5.74, 6) is -0.231. The van der Waals surface area contributed by atoms with Crippen LogP contribution in [0.2, 0.25) is 0 Å². The van der Waals surface area contributed by atoms with Gasteiger partial charge in [0.25, 0.3) is 0 Å². The van der Waals surface area contributed by atoms with Crippen LogP contribution >= 0.6 is 12.2 Å². The minimum absolute atomic E-state index is 0.142. The Labute approximate surface area is 113 Å². The van der Waals surface area contributed by atoms with Crippen LogP contribution in [-0.2, 0) is 4.79 Å². The van der Waals surface area contributed by atoms with Gasteiger partial charge < -0.3 is 9.27 Å². The zero-order valence-electron chi connectivity index (χ0n) is 9.78. The Morgan fingerprint density at radius 3 is 2.84 bits per heavy atom. The lowest BCUT2D eigenvalue weighted by molar-refractivity contribution is -0.131. The Morgan fingerprint density at radius 2 is 2.11 bits per heavy atom. The molecule has 0 aromatic heterocycles. The fraction of sp³-hybridized carbons (Fsp3) is 0. The fourth-order valence-electron chi connectivity index (χ4n) is 1.40. The number of hydrogen-bond acceptors (Lipinski definition) is 6. The highest BCUT2D eigenvalue weighted by Crippen LogP contribution is 2.21. The van der Waals surface area contributed by atoms with Gasteiger partial charge in [0.1, 0.15) is 12.2 Å². The summed E-state index contributed by atoms with van der Waals surface area (Å²) < 4.78 is 11.4. The van der Waals surface area contributed by atoms with Gasteiger partial charge >= 0.3 is 0 Å². The van der Waals surface area contributed by atoms with E-state index >= 15 is 0 Å². The van der Waals surface area contributed by atoms with Crippen molar-refractivity contribution in [2.45, 2.75) is 0 Å². The molecule has 0 fully saturated rings. The second-order valence-electron chi connectivity index (χ2n) is 3.67. The predicted molar refractivity (Wildman–Crippen MR) is 74.0 cm³/mol. The van der Waals surface area contributed by atoms with Gasteiger partial charge in [0, 0.05) is 11.8 Å². The summed E-state index contributed by atoms with van der Waals surface area (Å²) in [5, 5.41) is 13.5. The number of hydrogen-bond donors (Lipinski definition) is 3. The molecular formula is C12H11N4O2S+. The topological polar surface area (TPSA) is 99.6 Å². The van der Waals surface area contributed by atoms with Crippen molar-refractivity contribution < 1.29 is 14.8 Å². The standard InChI is InChI=1S/C12H10N4O2S/c13-11-7-9(4-5-12(11)17)15-14-8-2-1-3-10(6-8)16-19-18/h1-7,13,16,18H/p+1. The van der Waals surface area contributed by atoms with Crippen molar-refractivity contribution in [1.82, 2.24) is 0 Å². The highest BCUT2D eigenvalue weighted by atomic mass is 32.2. The molecule has 6 nitrogen and oxygen atoms in total. The summed E-state index contributed by atoms with van der Waals surface area (Å²) >= 11 is 0.508. The highest BCUT2D eigenvalue weighted by molar-refractivity contribution is 7.95. The molecule has 4 N–H and O–H groups in total. The van der Waals surface area contributed by atoms with Crippen LogP contribution in [0.5, 0.6) is 0 Å². The summed E-state index contributed by atoms with van der Waals surface area (Å²) in [6.45, 7) is 0. The lowest BCUT2D eigenvalue weighted by Crippen LogP contribution is -2.43. The SMILES string of the molecule is [NH2+]=C1C=C(N=Nc2cccc(NSO)c2)C=CC1=O. The zero-order chi connectivity index (χ0) is 13.7. The Kier molecular flexibility index (Phi) is 4.22. The largest absolute Gasteiger partial charge is 0.312 e. The maximum absolute atomic E-state index is 11.1. The van der Waals surface area contributed by atoms with E-state index in [2.05, 4.69) is 15.0 Å². The molecule has 1 aliphatic rings. The van der Waals surface area contributed by atoms with Crippen molar-refractivity contribution in [2.24, 2.45) is 10.2 Å². The molecule has 0 atom stereocenters. The first-order valence-electron chi connectivity index (χ1n) is 5.34. The van der Waals surface area contributed by atoms with Crippen molar-refractivity contribution in [3.8, 4) is 0 Å². The van der Waals surface area contributed by atoms with Crippen LogP contribution in [0.15, 0.2) is 58.4 Å². The molecule has 1 aliphatic carbocycles. The third-order valence-electron chi connectivity index (χ3n) is 2.28. The Hall–Kier alpha value is -2.25. The molecule has 0 spiro atoms. The van der Waals surface area contributed by atoms with Gasteiger partial charge in [-0.25, -0.2) is 0 Å². The number of nitrogens with zero attached hydrogens (tertiary/aromatic N) is 2. The minimum Gasteiger partial charge on any atom is -0.312 e. The molecule has 0 amide bonds.